The second kappa shape index (κ2) is 5.32. The summed E-state index contributed by atoms with van der Waals surface area (Å²) in [6, 6.07) is 8.07. The van der Waals surface area contributed by atoms with Gasteiger partial charge in [0.05, 0.1) is 11.4 Å². The topological polar surface area (TPSA) is 46.3 Å². The molecular formula is C15H16N2O2S. The van der Waals surface area contributed by atoms with E-state index in [1.165, 1.54) is 17.3 Å². The van der Waals surface area contributed by atoms with Crippen molar-refractivity contribution in [2.24, 2.45) is 0 Å². The molecule has 1 aromatic carbocycles. The van der Waals surface area contributed by atoms with E-state index in [0.29, 0.717) is 11.0 Å². The molecule has 2 aromatic rings. The molecule has 0 N–H and O–H groups in total. The molecule has 4 nitrogen and oxygen atoms in total. The smallest absolute Gasteiger partial charge is 0.256 e. The first kappa shape index (κ1) is 13.2. The molecule has 3 rings (SSSR count). The van der Waals surface area contributed by atoms with Gasteiger partial charge in [-0.1, -0.05) is 30.0 Å². The summed E-state index contributed by atoms with van der Waals surface area (Å²) in [5.41, 5.74) is 3.16. The quantitative estimate of drug-likeness (QED) is 0.815. The maximum Gasteiger partial charge on any atom is 0.256 e. The number of nitrogens with zero attached hydrogens (tertiary/aromatic N) is 2. The number of anilines is 1. The number of aryl methyl sites for hydroxylation is 2. The van der Waals surface area contributed by atoms with Crippen LogP contribution in [0, 0.1) is 13.8 Å². The van der Waals surface area contributed by atoms with Crippen molar-refractivity contribution in [1.82, 2.24) is 4.98 Å². The third-order valence-electron chi connectivity index (χ3n) is 3.52. The molecular weight excluding hydrogens is 272 g/mol. The van der Waals surface area contributed by atoms with E-state index in [0.717, 1.165) is 30.1 Å². The Morgan fingerprint density at radius 1 is 1.40 bits per heavy atom. The van der Waals surface area contributed by atoms with Gasteiger partial charge in [-0.25, -0.2) is 4.98 Å². The second-order valence-corrected chi connectivity index (χ2v) is 5.76. The molecule has 0 radical (unpaired) electrons. The summed E-state index contributed by atoms with van der Waals surface area (Å²) in [5.74, 6) is 1.27. The van der Waals surface area contributed by atoms with E-state index in [1.807, 2.05) is 36.9 Å². The summed E-state index contributed by atoms with van der Waals surface area (Å²) in [6.07, 6.45) is 0.934. The van der Waals surface area contributed by atoms with Gasteiger partial charge in [0.2, 0.25) is 5.91 Å². The fourth-order valence-electron chi connectivity index (χ4n) is 2.30. The van der Waals surface area contributed by atoms with Gasteiger partial charge in [-0.15, -0.1) is 0 Å². The SMILES string of the molecule is Cc1nc(SCC(=O)N2CCc3ccccc32)oc1C. The molecule has 5 heteroatoms. The number of aromatic nitrogens is 1. The molecule has 0 atom stereocenters. The van der Waals surface area contributed by atoms with Gasteiger partial charge in [-0.05, 0) is 31.9 Å². The Balaban J connectivity index is 1.66. The molecule has 0 saturated heterocycles. The van der Waals surface area contributed by atoms with Crippen LogP contribution in [0.15, 0.2) is 33.9 Å². The summed E-state index contributed by atoms with van der Waals surface area (Å²) >= 11 is 1.36. The van der Waals surface area contributed by atoms with Crippen LogP contribution in [0.4, 0.5) is 5.69 Å². The van der Waals surface area contributed by atoms with Crippen LogP contribution in [0.5, 0.6) is 0 Å². The van der Waals surface area contributed by atoms with Crippen LogP contribution in [-0.2, 0) is 11.2 Å². The average Bonchev–Trinajstić information content (AvgIpc) is 3.00. The summed E-state index contributed by atoms with van der Waals surface area (Å²) < 4.78 is 5.48. The number of amides is 1. The standard InChI is InChI=1S/C15H16N2O2S/c1-10-11(2)19-15(16-10)20-9-14(18)17-8-7-12-5-3-4-6-13(12)17/h3-6H,7-9H2,1-2H3. The normalized spacial score (nSPS) is 13.6. The number of rotatable bonds is 3. The van der Waals surface area contributed by atoms with Crippen molar-refractivity contribution < 1.29 is 9.21 Å². The first-order valence-corrected chi connectivity index (χ1v) is 7.59. The van der Waals surface area contributed by atoms with E-state index in [2.05, 4.69) is 11.1 Å². The van der Waals surface area contributed by atoms with Gasteiger partial charge in [-0.2, -0.15) is 0 Å². The van der Waals surface area contributed by atoms with Gasteiger partial charge in [0.1, 0.15) is 5.76 Å². The number of benzene rings is 1. The largest absolute Gasteiger partial charge is 0.437 e. The first-order chi connectivity index (χ1) is 9.65. The van der Waals surface area contributed by atoms with Crippen molar-refractivity contribution in [3.8, 4) is 0 Å². The molecule has 1 aliphatic heterocycles. The second-order valence-electron chi connectivity index (χ2n) is 4.83. The predicted octanol–water partition coefficient (Wildman–Crippen LogP) is 2.97. The molecule has 20 heavy (non-hydrogen) atoms. The molecule has 2 heterocycles. The summed E-state index contributed by atoms with van der Waals surface area (Å²) in [7, 11) is 0. The summed E-state index contributed by atoms with van der Waals surface area (Å²) in [6.45, 7) is 4.55. The lowest BCUT2D eigenvalue weighted by Gasteiger charge is -2.16. The molecule has 0 spiro atoms. The van der Waals surface area contributed by atoms with E-state index in [4.69, 9.17) is 4.42 Å². The maximum atomic E-state index is 12.3. The molecule has 1 amide bonds. The molecule has 1 aromatic heterocycles. The van der Waals surface area contributed by atoms with Crippen LogP contribution >= 0.6 is 11.8 Å². The lowest BCUT2D eigenvalue weighted by molar-refractivity contribution is -0.116. The van der Waals surface area contributed by atoms with Crippen molar-refractivity contribution in [2.75, 3.05) is 17.2 Å². The zero-order valence-corrected chi connectivity index (χ0v) is 12.4. The van der Waals surface area contributed by atoms with Gasteiger partial charge in [0, 0.05) is 12.2 Å². The number of carbonyl (C=O) groups excluding carboxylic acids is 1. The Morgan fingerprint density at radius 2 is 2.20 bits per heavy atom. The van der Waals surface area contributed by atoms with Crippen LogP contribution in [0.3, 0.4) is 0 Å². The van der Waals surface area contributed by atoms with Crippen molar-refractivity contribution in [2.45, 2.75) is 25.5 Å². The summed E-state index contributed by atoms with van der Waals surface area (Å²) in [5, 5.41) is 0.570. The van der Waals surface area contributed by atoms with E-state index in [-0.39, 0.29) is 5.91 Å². The van der Waals surface area contributed by atoms with Crippen LogP contribution < -0.4 is 4.90 Å². The molecule has 0 fully saturated rings. The minimum atomic E-state index is 0.105. The molecule has 0 aliphatic carbocycles. The number of hydrogen-bond donors (Lipinski definition) is 0. The van der Waals surface area contributed by atoms with Gasteiger partial charge < -0.3 is 9.32 Å². The zero-order chi connectivity index (χ0) is 14.1. The Hall–Kier alpha value is -1.75. The van der Waals surface area contributed by atoms with Gasteiger partial charge in [0.25, 0.3) is 5.22 Å². The lowest BCUT2D eigenvalue weighted by atomic mass is 10.2. The van der Waals surface area contributed by atoms with E-state index in [9.17, 15) is 4.79 Å². The van der Waals surface area contributed by atoms with Crippen molar-refractivity contribution in [3.05, 3.63) is 41.3 Å². The number of thioether (sulfide) groups is 1. The highest BCUT2D eigenvalue weighted by Gasteiger charge is 2.24. The highest BCUT2D eigenvalue weighted by atomic mass is 32.2. The lowest BCUT2D eigenvalue weighted by Crippen LogP contribution is -2.30. The predicted molar refractivity (Wildman–Crippen MR) is 79.2 cm³/mol. The van der Waals surface area contributed by atoms with Crippen molar-refractivity contribution in [1.29, 1.82) is 0 Å². The number of carbonyl (C=O) groups is 1. The average molecular weight is 288 g/mol. The highest BCUT2D eigenvalue weighted by Crippen LogP contribution is 2.29. The number of hydrogen-bond acceptors (Lipinski definition) is 4. The minimum Gasteiger partial charge on any atom is -0.437 e. The van der Waals surface area contributed by atoms with Gasteiger partial charge in [-0.3, -0.25) is 4.79 Å². The Kier molecular flexibility index (Phi) is 3.53. The first-order valence-electron chi connectivity index (χ1n) is 6.60. The fraction of sp³-hybridized carbons (Fsp3) is 0.333. The van der Waals surface area contributed by atoms with Crippen LogP contribution in [0.1, 0.15) is 17.0 Å². The molecule has 0 bridgehead atoms. The van der Waals surface area contributed by atoms with E-state index >= 15 is 0 Å². The monoisotopic (exact) mass is 288 g/mol. The maximum absolute atomic E-state index is 12.3. The highest BCUT2D eigenvalue weighted by molar-refractivity contribution is 7.99. The van der Waals surface area contributed by atoms with Crippen molar-refractivity contribution >= 4 is 23.4 Å². The van der Waals surface area contributed by atoms with Crippen LogP contribution in [-0.4, -0.2) is 23.2 Å². The van der Waals surface area contributed by atoms with Gasteiger partial charge in [0.15, 0.2) is 0 Å². The molecule has 0 unspecified atom stereocenters. The third-order valence-corrected chi connectivity index (χ3v) is 4.33. The van der Waals surface area contributed by atoms with Crippen LogP contribution in [0.25, 0.3) is 0 Å². The molecule has 104 valence electrons. The van der Waals surface area contributed by atoms with E-state index < -0.39 is 0 Å². The number of fused-ring (bicyclic) bond motifs is 1. The van der Waals surface area contributed by atoms with Crippen LogP contribution in [0.2, 0.25) is 0 Å². The third kappa shape index (κ3) is 2.45. The minimum absolute atomic E-state index is 0.105. The van der Waals surface area contributed by atoms with Gasteiger partial charge >= 0.3 is 0 Å². The fourth-order valence-corrected chi connectivity index (χ4v) is 3.09. The molecule has 1 aliphatic rings. The Morgan fingerprint density at radius 3 is 2.95 bits per heavy atom. The Labute approximate surface area is 122 Å². The zero-order valence-electron chi connectivity index (χ0n) is 11.5. The number of oxazole rings is 1. The number of para-hydroxylation sites is 1. The Bertz CT molecular complexity index is 632. The molecule has 0 saturated carbocycles. The van der Waals surface area contributed by atoms with Crippen molar-refractivity contribution in [3.63, 3.8) is 0 Å². The van der Waals surface area contributed by atoms with E-state index in [1.54, 1.807) is 0 Å². The summed E-state index contributed by atoms with van der Waals surface area (Å²) in [4.78, 5) is 18.4.